The van der Waals surface area contributed by atoms with Crippen molar-refractivity contribution in [1.82, 2.24) is 19.1 Å². The smallest absolute Gasteiger partial charge is 0.356 e. The number of aliphatic hydroxyl groups excluding tert-OH is 1. The van der Waals surface area contributed by atoms with E-state index in [-0.39, 0.29) is 29.2 Å². The van der Waals surface area contributed by atoms with Crippen LogP contribution in [0.5, 0.6) is 0 Å². The zero-order valence-electron chi connectivity index (χ0n) is 14.8. The Kier molecular flexibility index (Phi) is 3.76. The monoisotopic (exact) mass is 446 g/mol. The largest absolute Gasteiger partial charge is 0.476 e. The molecule has 2 aromatic heterocycles. The van der Waals surface area contributed by atoms with E-state index in [1.165, 1.54) is 6.07 Å². The van der Waals surface area contributed by atoms with E-state index in [0.29, 0.717) is 21.7 Å². The summed E-state index contributed by atoms with van der Waals surface area (Å²) in [6.07, 6.45) is 3.49. The molecule has 4 heterocycles. The number of aromatic nitrogens is 4. The molecule has 0 saturated heterocycles. The number of imidazole rings is 2. The minimum atomic E-state index is -1.24. The van der Waals surface area contributed by atoms with E-state index < -0.39 is 12.1 Å². The number of benzene rings is 1. The van der Waals surface area contributed by atoms with Gasteiger partial charge in [-0.1, -0.05) is 0 Å². The van der Waals surface area contributed by atoms with E-state index in [2.05, 4.69) is 25.9 Å². The van der Waals surface area contributed by atoms with Crippen LogP contribution >= 0.6 is 15.9 Å². The number of carbonyl (C=O) groups is 1. The van der Waals surface area contributed by atoms with Crippen molar-refractivity contribution in [1.29, 1.82) is 0 Å². The molecule has 0 amide bonds. The van der Waals surface area contributed by atoms with Gasteiger partial charge in [-0.3, -0.25) is 0 Å². The Morgan fingerprint density at radius 1 is 1.39 bits per heavy atom. The van der Waals surface area contributed by atoms with Crippen molar-refractivity contribution in [3.63, 3.8) is 0 Å². The zero-order chi connectivity index (χ0) is 19.7. The summed E-state index contributed by atoms with van der Waals surface area (Å²) < 4.78 is 17.9. The van der Waals surface area contributed by atoms with E-state index in [1.54, 1.807) is 30.1 Å². The van der Waals surface area contributed by atoms with Crippen LogP contribution in [0.15, 0.2) is 29.0 Å². The molecule has 1 saturated carbocycles. The second kappa shape index (κ2) is 5.99. The normalized spacial score (nSPS) is 20.7. The molecule has 2 N–H and O–H groups in total. The molecule has 0 spiro atoms. The van der Waals surface area contributed by atoms with Crippen molar-refractivity contribution < 1.29 is 19.4 Å². The van der Waals surface area contributed by atoms with Crippen LogP contribution in [0.2, 0.25) is 0 Å². The second-order valence-electron chi connectivity index (χ2n) is 7.32. The van der Waals surface area contributed by atoms with Gasteiger partial charge >= 0.3 is 5.97 Å². The van der Waals surface area contributed by atoms with Crippen LogP contribution in [-0.2, 0) is 7.05 Å². The highest BCUT2D eigenvalue weighted by atomic mass is 79.9. The minimum Gasteiger partial charge on any atom is -0.476 e. The molecule has 0 radical (unpaired) electrons. The predicted molar refractivity (Wildman–Crippen MR) is 101 cm³/mol. The fraction of sp³-hybridized carbons (Fsp3) is 0.316. The van der Waals surface area contributed by atoms with Crippen LogP contribution in [0.25, 0.3) is 11.4 Å². The van der Waals surface area contributed by atoms with Gasteiger partial charge in [-0.05, 0) is 52.4 Å². The van der Waals surface area contributed by atoms with Gasteiger partial charge in [-0.2, -0.15) is 0 Å². The lowest BCUT2D eigenvalue weighted by molar-refractivity contribution is 0.0683. The quantitative estimate of drug-likeness (QED) is 0.642. The summed E-state index contributed by atoms with van der Waals surface area (Å²) in [5.74, 6) is -0.598. The number of aryl methyl sites for hydroxylation is 1. The summed E-state index contributed by atoms with van der Waals surface area (Å²) in [6, 6.07) is 3.15. The highest BCUT2D eigenvalue weighted by Crippen LogP contribution is 2.54. The number of aliphatic hydroxyl groups is 1. The predicted octanol–water partition coefficient (Wildman–Crippen LogP) is 3.40. The third-order valence-electron chi connectivity index (χ3n) is 5.76. The molecule has 9 heteroatoms. The van der Waals surface area contributed by atoms with Crippen LogP contribution in [0.3, 0.4) is 0 Å². The van der Waals surface area contributed by atoms with Gasteiger partial charge in [0.05, 0.1) is 10.2 Å². The number of halogens is 2. The van der Waals surface area contributed by atoms with Crippen molar-refractivity contribution in [2.75, 3.05) is 0 Å². The Hall–Kier alpha value is -2.52. The number of rotatable bonds is 3. The molecule has 1 atom stereocenters. The van der Waals surface area contributed by atoms with Crippen LogP contribution in [0.4, 0.5) is 4.39 Å². The fourth-order valence-corrected chi connectivity index (χ4v) is 4.68. The van der Waals surface area contributed by atoms with E-state index >= 15 is 0 Å². The summed E-state index contributed by atoms with van der Waals surface area (Å²) in [5, 5.41) is 20.8. The van der Waals surface area contributed by atoms with Gasteiger partial charge in [0.15, 0.2) is 11.8 Å². The van der Waals surface area contributed by atoms with Gasteiger partial charge in [0, 0.05) is 31.0 Å². The summed E-state index contributed by atoms with van der Waals surface area (Å²) in [5.41, 5.74) is 1.53. The van der Waals surface area contributed by atoms with Gasteiger partial charge in [0.25, 0.3) is 0 Å². The lowest BCUT2D eigenvalue weighted by Gasteiger charge is -2.36. The Morgan fingerprint density at radius 2 is 2.14 bits per heavy atom. The SMILES string of the molecule is Cn1ccnc1C(O)c1c(C(=O)O)nc2n1C1CC(C1)c1cc(F)c(Br)cc1-2. The van der Waals surface area contributed by atoms with Crippen LogP contribution in [-0.4, -0.2) is 35.3 Å². The topological polar surface area (TPSA) is 93.2 Å². The number of hydrogen-bond acceptors (Lipinski definition) is 4. The van der Waals surface area contributed by atoms with Crippen molar-refractivity contribution in [2.24, 2.45) is 7.05 Å². The maximum absolute atomic E-state index is 14.2. The van der Waals surface area contributed by atoms with Gasteiger partial charge < -0.3 is 19.3 Å². The first-order valence-corrected chi connectivity index (χ1v) is 9.66. The number of nitrogens with zero attached hydrogens (tertiary/aromatic N) is 4. The molecule has 6 rings (SSSR count). The molecule has 1 aromatic carbocycles. The number of hydrogen-bond donors (Lipinski definition) is 2. The molecule has 144 valence electrons. The standard InChI is InChI=1S/C19H16BrFN4O3/c1-24-3-2-22-18(24)16(26)15-14(19(27)28)23-17-11-6-12(20)13(21)7-10(11)8-4-9(5-8)25(15)17/h2-3,6-9,16,26H,4-5H2,1H3,(H,27,28). The number of carboxylic acids is 1. The highest BCUT2D eigenvalue weighted by molar-refractivity contribution is 9.10. The first kappa shape index (κ1) is 17.6. The minimum absolute atomic E-state index is 0.000227. The second-order valence-corrected chi connectivity index (χ2v) is 8.17. The fourth-order valence-electron chi connectivity index (χ4n) is 4.33. The van der Waals surface area contributed by atoms with Gasteiger partial charge in [-0.25, -0.2) is 19.2 Å². The van der Waals surface area contributed by atoms with Crippen molar-refractivity contribution in [2.45, 2.75) is 30.9 Å². The molecule has 2 bridgehead atoms. The molecular formula is C19H16BrFN4O3. The lowest BCUT2D eigenvalue weighted by Crippen LogP contribution is -2.26. The summed E-state index contributed by atoms with van der Waals surface area (Å²) in [4.78, 5) is 20.5. The van der Waals surface area contributed by atoms with Crippen molar-refractivity contribution in [3.05, 3.63) is 57.6 Å². The first-order valence-electron chi connectivity index (χ1n) is 8.86. The Morgan fingerprint density at radius 3 is 2.79 bits per heavy atom. The summed E-state index contributed by atoms with van der Waals surface area (Å²) in [6.45, 7) is 0. The van der Waals surface area contributed by atoms with Crippen molar-refractivity contribution in [3.8, 4) is 11.4 Å². The molecule has 1 fully saturated rings. The first-order chi connectivity index (χ1) is 13.4. The average molecular weight is 447 g/mol. The Bertz CT molecular complexity index is 1130. The lowest BCUT2D eigenvalue weighted by atomic mass is 9.75. The summed E-state index contributed by atoms with van der Waals surface area (Å²) in [7, 11) is 1.74. The number of aromatic carboxylic acids is 1. The van der Waals surface area contributed by atoms with E-state index in [9.17, 15) is 19.4 Å². The van der Waals surface area contributed by atoms with Gasteiger partial charge in [0.1, 0.15) is 17.5 Å². The number of carboxylic acid groups (broad SMARTS) is 1. The maximum Gasteiger partial charge on any atom is 0.356 e. The zero-order valence-corrected chi connectivity index (χ0v) is 16.4. The average Bonchev–Trinajstić information content (AvgIpc) is 3.15. The molecular weight excluding hydrogens is 431 g/mol. The van der Waals surface area contributed by atoms with Gasteiger partial charge in [-0.15, -0.1) is 0 Å². The molecule has 1 aliphatic carbocycles. The maximum atomic E-state index is 14.2. The van der Waals surface area contributed by atoms with Crippen molar-refractivity contribution >= 4 is 21.9 Å². The van der Waals surface area contributed by atoms with E-state index in [1.807, 2.05) is 4.57 Å². The Balaban J connectivity index is 1.80. The van der Waals surface area contributed by atoms with Gasteiger partial charge in [0.2, 0.25) is 0 Å². The van der Waals surface area contributed by atoms with Crippen LogP contribution < -0.4 is 0 Å². The molecule has 28 heavy (non-hydrogen) atoms. The third kappa shape index (κ3) is 2.32. The van der Waals surface area contributed by atoms with Crippen LogP contribution in [0, 0.1) is 5.82 Å². The highest BCUT2D eigenvalue weighted by Gasteiger charge is 2.43. The molecule has 3 aromatic rings. The van der Waals surface area contributed by atoms with E-state index in [0.717, 1.165) is 18.4 Å². The third-order valence-corrected chi connectivity index (χ3v) is 6.37. The molecule has 7 nitrogen and oxygen atoms in total. The summed E-state index contributed by atoms with van der Waals surface area (Å²) >= 11 is 3.22. The Labute approximate surface area is 167 Å². The molecule has 3 aliphatic rings. The van der Waals surface area contributed by atoms with Crippen LogP contribution in [0.1, 0.15) is 58.5 Å². The van der Waals surface area contributed by atoms with E-state index in [4.69, 9.17) is 0 Å². The molecule has 2 aliphatic heterocycles. The molecule has 1 unspecified atom stereocenters.